The highest BCUT2D eigenvalue weighted by Gasteiger charge is 2.29. The largest absolute Gasteiger partial charge is 0.366 e. The molecular formula is C16H20N6OS. The van der Waals surface area contributed by atoms with Crippen molar-refractivity contribution in [3.63, 3.8) is 0 Å². The third-order valence-electron chi connectivity index (χ3n) is 4.61. The molecule has 8 heteroatoms. The molecule has 126 valence electrons. The number of hydrogen-bond acceptors (Lipinski definition) is 7. The standard InChI is InChI=1S/C16H20N6OS/c23-14(20-16-22-21-15(24-16)11-1-2-11)10-3-5-12(6-4-10)19-13-9-17-7-8-18-13/h7-12H,1-6H2,(H,18,19)(H,20,22,23). The zero-order chi connectivity index (χ0) is 16.4. The topological polar surface area (TPSA) is 92.7 Å². The minimum absolute atomic E-state index is 0.0539. The van der Waals surface area contributed by atoms with Crippen molar-refractivity contribution in [1.82, 2.24) is 20.2 Å². The molecule has 2 N–H and O–H groups in total. The molecule has 1 amide bonds. The van der Waals surface area contributed by atoms with E-state index in [0.717, 1.165) is 36.5 Å². The fraction of sp³-hybridized carbons (Fsp3) is 0.562. The van der Waals surface area contributed by atoms with Crippen LogP contribution in [0.3, 0.4) is 0 Å². The summed E-state index contributed by atoms with van der Waals surface area (Å²) in [6, 6.07) is 0.355. The highest BCUT2D eigenvalue weighted by molar-refractivity contribution is 7.15. The van der Waals surface area contributed by atoms with Crippen molar-refractivity contribution >= 4 is 28.2 Å². The normalized spacial score (nSPS) is 23.7. The molecule has 0 saturated heterocycles. The Hall–Kier alpha value is -2.09. The Balaban J connectivity index is 1.26. The van der Waals surface area contributed by atoms with Crippen LogP contribution in [0.25, 0.3) is 0 Å². The predicted molar refractivity (Wildman–Crippen MR) is 91.9 cm³/mol. The number of carbonyl (C=O) groups is 1. The molecule has 2 aliphatic rings. The van der Waals surface area contributed by atoms with Gasteiger partial charge >= 0.3 is 0 Å². The summed E-state index contributed by atoms with van der Waals surface area (Å²) < 4.78 is 0. The first-order valence-corrected chi connectivity index (χ1v) is 9.26. The number of rotatable bonds is 5. The zero-order valence-corrected chi connectivity index (χ0v) is 14.1. The van der Waals surface area contributed by atoms with Gasteiger partial charge in [-0.2, -0.15) is 0 Å². The summed E-state index contributed by atoms with van der Waals surface area (Å²) >= 11 is 1.52. The third-order valence-corrected chi connectivity index (χ3v) is 5.61. The fourth-order valence-corrected chi connectivity index (χ4v) is 3.99. The lowest BCUT2D eigenvalue weighted by Crippen LogP contribution is -2.32. The van der Waals surface area contributed by atoms with Gasteiger partial charge in [-0.05, 0) is 38.5 Å². The Labute approximate surface area is 144 Å². The van der Waals surface area contributed by atoms with Crippen LogP contribution < -0.4 is 10.6 Å². The van der Waals surface area contributed by atoms with E-state index in [4.69, 9.17) is 0 Å². The van der Waals surface area contributed by atoms with Crippen molar-refractivity contribution in [3.05, 3.63) is 23.6 Å². The quantitative estimate of drug-likeness (QED) is 0.866. The van der Waals surface area contributed by atoms with Gasteiger partial charge in [0, 0.05) is 30.3 Å². The first-order chi connectivity index (χ1) is 11.8. The lowest BCUT2D eigenvalue weighted by atomic mass is 9.85. The van der Waals surface area contributed by atoms with E-state index in [1.54, 1.807) is 18.6 Å². The van der Waals surface area contributed by atoms with E-state index < -0.39 is 0 Å². The van der Waals surface area contributed by atoms with E-state index in [0.29, 0.717) is 17.1 Å². The molecule has 0 spiro atoms. The van der Waals surface area contributed by atoms with Gasteiger partial charge in [0.1, 0.15) is 10.8 Å². The van der Waals surface area contributed by atoms with E-state index in [1.807, 2.05) is 0 Å². The van der Waals surface area contributed by atoms with Gasteiger partial charge in [-0.25, -0.2) is 4.98 Å². The van der Waals surface area contributed by atoms with Crippen LogP contribution >= 0.6 is 11.3 Å². The number of hydrogen-bond donors (Lipinski definition) is 2. The second-order valence-electron chi connectivity index (χ2n) is 6.49. The lowest BCUT2D eigenvalue weighted by molar-refractivity contribution is -0.120. The minimum atomic E-state index is 0.0539. The van der Waals surface area contributed by atoms with E-state index in [-0.39, 0.29) is 11.8 Å². The zero-order valence-electron chi connectivity index (χ0n) is 13.3. The van der Waals surface area contributed by atoms with Crippen LogP contribution in [0.1, 0.15) is 49.5 Å². The van der Waals surface area contributed by atoms with E-state index in [1.165, 1.54) is 24.2 Å². The van der Waals surface area contributed by atoms with Gasteiger partial charge in [-0.15, -0.1) is 10.2 Å². The Morgan fingerprint density at radius 3 is 2.62 bits per heavy atom. The maximum atomic E-state index is 12.4. The number of carbonyl (C=O) groups excluding carboxylic acids is 1. The number of nitrogens with zero attached hydrogens (tertiary/aromatic N) is 4. The van der Waals surface area contributed by atoms with Crippen molar-refractivity contribution in [2.45, 2.75) is 50.5 Å². The van der Waals surface area contributed by atoms with Gasteiger partial charge in [-0.3, -0.25) is 9.78 Å². The smallest absolute Gasteiger partial charge is 0.229 e. The van der Waals surface area contributed by atoms with Gasteiger partial charge in [0.15, 0.2) is 0 Å². The summed E-state index contributed by atoms with van der Waals surface area (Å²) in [6.45, 7) is 0. The molecule has 0 atom stereocenters. The summed E-state index contributed by atoms with van der Waals surface area (Å²) in [5.41, 5.74) is 0. The van der Waals surface area contributed by atoms with E-state index in [9.17, 15) is 4.79 Å². The highest BCUT2D eigenvalue weighted by Crippen LogP contribution is 2.42. The number of aromatic nitrogens is 4. The molecule has 24 heavy (non-hydrogen) atoms. The van der Waals surface area contributed by atoms with Crippen molar-refractivity contribution in [2.75, 3.05) is 10.6 Å². The van der Waals surface area contributed by atoms with Crippen molar-refractivity contribution in [3.8, 4) is 0 Å². The summed E-state index contributed by atoms with van der Waals surface area (Å²) in [7, 11) is 0. The van der Waals surface area contributed by atoms with Gasteiger partial charge in [0.2, 0.25) is 11.0 Å². The second kappa shape index (κ2) is 6.80. The molecule has 2 aromatic heterocycles. The summed E-state index contributed by atoms with van der Waals surface area (Å²) in [6.07, 6.45) is 11.1. The van der Waals surface area contributed by atoms with E-state index >= 15 is 0 Å². The average Bonchev–Trinajstić information content (AvgIpc) is 3.36. The van der Waals surface area contributed by atoms with Gasteiger partial charge in [0.05, 0.1) is 6.20 Å². The maximum Gasteiger partial charge on any atom is 0.229 e. The molecule has 7 nitrogen and oxygen atoms in total. The van der Waals surface area contributed by atoms with Crippen molar-refractivity contribution < 1.29 is 4.79 Å². The molecule has 4 rings (SSSR count). The number of nitrogens with one attached hydrogen (secondary N) is 2. The molecule has 0 aliphatic heterocycles. The Morgan fingerprint density at radius 2 is 1.92 bits per heavy atom. The Bertz CT molecular complexity index is 694. The van der Waals surface area contributed by atoms with Gasteiger partial charge in [0.25, 0.3) is 0 Å². The van der Waals surface area contributed by atoms with Crippen LogP contribution in [-0.2, 0) is 4.79 Å². The number of anilines is 2. The van der Waals surface area contributed by atoms with Crippen LogP contribution in [-0.4, -0.2) is 32.1 Å². The van der Waals surface area contributed by atoms with Crippen molar-refractivity contribution in [1.29, 1.82) is 0 Å². The van der Waals surface area contributed by atoms with Crippen LogP contribution in [0.2, 0.25) is 0 Å². The summed E-state index contributed by atoms with van der Waals surface area (Å²) in [5, 5.41) is 16.3. The van der Waals surface area contributed by atoms with Crippen LogP contribution in [0, 0.1) is 5.92 Å². The minimum Gasteiger partial charge on any atom is -0.366 e. The number of amides is 1. The molecule has 0 bridgehead atoms. The molecule has 2 fully saturated rings. The molecule has 0 radical (unpaired) electrons. The SMILES string of the molecule is O=C(Nc1nnc(C2CC2)s1)C1CCC(Nc2cnccn2)CC1. The first-order valence-electron chi connectivity index (χ1n) is 8.45. The third kappa shape index (κ3) is 3.69. The maximum absolute atomic E-state index is 12.4. The molecule has 2 aliphatic carbocycles. The summed E-state index contributed by atoms with van der Waals surface area (Å²) in [4.78, 5) is 20.7. The lowest BCUT2D eigenvalue weighted by Gasteiger charge is -2.28. The summed E-state index contributed by atoms with van der Waals surface area (Å²) in [5.74, 6) is 1.51. The van der Waals surface area contributed by atoms with Crippen LogP contribution in [0.4, 0.5) is 10.9 Å². The van der Waals surface area contributed by atoms with Crippen LogP contribution in [0.5, 0.6) is 0 Å². The first kappa shape index (κ1) is 15.4. The molecule has 0 aromatic carbocycles. The molecule has 0 unspecified atom stereocenters. The monoisotopic (exact) mass is 344 g/mol. The molecular weight excluding hydrogens is 324 g/mol. The van der Waals surface area contributed by atoms with Gasteiger partial charge in [-0.1, -0.05) is 11.3 Å². The Kier molecular flexibility index (Phi) is 4.38. The second-order valence-corrected chi connectivity index (χ2v) is 7.50. The predicted octanol–water partition coefficient (Wildman–Crippen LogP) is 2.81. The molecule has 2 aromatic rings. The Morgan fingerprint density at radius 1 is 1.08 bits per heavy atom. The van der Waals surface area contributed by atoms with Crippen molar-refractivity contribution in [2.24, 2.45) is 5.92 Å². The van der Waals surface area contributed by atoms with Crippen LogP contribution in [0.15, 0.2) is 18.6 Å². The fourth-order valence-electron chi connectivity index (χ4n) is 3.07. The average molecular weight is 344 g/mol. The highest BCUT2D eigenvalue weighted by atomic mass is 32.1. The van der Waals surface area contributed by atoms with Gasteiger partial charge < -0.3 is 10.6 Å². The molecule has 2 saturated carbocycles. The van der Waals surface area contributed by atoms with E-state index in [2.05, 4.69) is 30.8 Å². The molecule has 2 heterocycles.